The second kappa shape index (κ2) is 10.8. The molecule has 3 amide bonds. The first kappa shape index (κ1) is 24.9. The number of carbonyl (C=O) groups excluding carboxylic acids is 3. The van der Waals surface area contributed by atoms with E-state index in [1.54, 1.807) is 41.7 Å². The van der Waals surface area contributed by atoms with Crippen LogP contribution in [0.2, 0.25) is 0 Å². The summed E-state index contributed by atoms with van der Waals surface area (Å²) in [5, 5.41) is 14.9. The summed E-state index contributed by atoms with van der Waals surface area (Å²) in [6.07, 6.45) is 4.17. The molecule has 1 aromatic carbocycles. The Morgan fingerprint density at radius 3 is 2.77 bits per heavy atom. The van der Waals surface area contributed by atoms with E-state index in [2.05, 4.69) is 31.2 Å². The van der Waals surface area contributed by atoms with Gasteiger partial charge in [-0.1, -0.05) is 18.2 Å². The number of morpholine rings is 1. The number of pyridine rings is 1. The third-order valence-electron chi connectivity index (χ3n) is 6.56. The standard InChI is InChI=1S/C27H25N7O4S/c35-25-21-17(4-1-5-18(21)30-27(37)33-34-11-13-38-14-12-34)23-22(25)24(32-31-23)19-6-7-20(39-19)26(36)29-10-8-16-3-2-9-28-15-16/h1-7,9,15H,8,10-14H2,(H,29,36)(H,31,32)(H2,30,33,37). The fourth-order valence-corrected chi connectivity index (χ4v) is 5.60. The molecule has 1 saturated heterocycles. The van der Waals surface area contributed by atoms with E-state index in [-0.39, 0.29) is 11.7 Å². The molecule has 12 heteroatoms. The molecule has 39 heavy (non-hydrogen) atoms. The highest BCUT2D eigenvalue weighted by Gasteiger charge is 2.35. The van der Waals surface area contributed by atoms with Gasteiger partial charge in [-0.25, -0.2) is 9.80 Å². The van der Waals surface area contributed by atoms with E-state index in [9.17, 15) is 14.4 Å². The number of H-pyrrole nitrogens is 1. The molecular weight excluding hydrogens is 518 g/mol. The quantitative estimate of drug-likeness (QED) is 0.247. The van der Waals surface area contributed by atoms with Crippen molar-refractivity contribution < 1.29 is 19.1 Å². The molecule has 0 unspecified atom stereocenters. The molecular formula is C27H25N7O4S. The summed E-state index contributed by atoms with van der Waals surface area (Å²) in [4.78, 5) is 44.3. The Balaban J connectivity index is 1.16. The number of hydrogen-bond donors (Lipinski definition) is 4. The number of hydrogen-bond acceptors (Lipinski definition) is 8. The van der Waals surface area contributed by atoms with Gasteiger partial charge in [0.2, 0.25) is 0 Å². The van der Waals surface area contributed by atoms with E-state index in [0.717, 1.165) is 5.56 Å². The zero-order valence-corrected chi connectivity index (χ0v) is 21.6. The van der Waals surface area contributed by atoms with E-state index in [4.69, 9.17) is 4.74 Å². The van der Waals surface area contributed by atoms with E-state index in [1.165, 1.54) is 11.3 Å². The zero-order valence-electron chi connectivity index (χ0n) is 20.8. The Hall–Kier alpha value is -4.39. The maximum Gasteiger partial charge on any atom is 0.333 e. The minimum atomic E-state index is -0.426. The minimum Gasteiger partial charge on any atom is -0.379 e. The molecule has 1 aliphatic heterocycles. The highest BCUT2D eigenvalue weighted by Crippen LogP contribution is 2.44. The fraction of sp³-hybridized carbons (Fsp3) is 0.222. The van der Waals surface area contributed by atoms with Crippen LogP contribution < -0.4 is 16.1 Å². The SMILES string of the molecule is O=C(Nc1cccc2c1C(=O)c1c(-c3ccc(C(=O)NCCc4cccnc4)s3)n[nH]c1-2)NN1CCOCC1. The molecule has 4 N–H and O–H groups in total. The van der Waals surface area contributed by atoms with Crippen molar-refractivity contribution in [2.45, 2.75) is 6.42 Å². The predicted octanol–water partition coefficient (Wildman–Crippen LogP) is 3.09. The molecule has 1 aliphatic carbocycles. The number of urea groups is 1. The van der Waals surface area contributed by atoms with Crippen LogP contribution in [0.4, 0.5) is 10.5 Å². The van der Waals surface area contributed by atoms with E-state index in [1.807, 2.05) is 18.2 Å². The van der Waals surface area contributed by atoms with Crippen molar-refractivity contribution in [2.75, 3.05) is 38.2 Å². The van der Waals surface area contributed by atoms with Crippen molar-refractivity contribution in [1.82, 2.24) is 30.9 Å². The van der Waals surface area contributed by atoms with E-state index in [0.29, 0.717) is 82.8 Å². The lowest BCUT2D eigenvalue weighted by atomic mass is 10.1. The number of anilines is 1. The molecule has 0 spiro atoms. The molecule has 4 heterocycles. The van der Waals surface area contributed by atoms with Gasteiger partial charge in [0.1, 0.15) is 5.69 Å². The van der Waals surface area contributed by atoms with Gasteiger partial charge in [0.05, 0.1) is 45.5 Å². The number of thiophene rings is 1. The molecule has 6 rings (SSSR count). The smallest absolute Gasteiger partial charge is 0.333 e. The molecule has 0 saturated carbocycles. The average molecular weight is 544 g/mol. The highest BCUT2D eigenvalue weighted by atomic mass is 32.1. The Labute approximate surface area is 227 Å². The van der Waals surface area contributed by atoms with Crippen LogP contribution in [0.3, 0.4) is 0 Å². The predicted molar refractivity (Wildman–Crippen MR) is 146 cm³/mol. The summed E-state index contributed by atoms with van der Waals surface area (Å²) in [6, 6.07) is 12.2. The summed E-state index contributed by atoms with van der Waals surface area (Å²) in [5.74, 6) is -0.420. The number of nitrogens with zero attached hydrogens (tertiary/aromatic N) is 3. The molecule has 4 aromatic rings. The highest BCUT2D eigenvalue weighted by molar-refractivity contribution is 7.17. The van der Waals surface area contributed by atoms with Gasteiger partial charge >= 0.3 is 6.03 Å². The minimum absolute atomic E-state index is 0.185. The van der Waals surface area contributed by atoms with Crippen molar-refractivity contribution in [1.29, 1.82) is 0 Å². The lowest BCUT2D eigenvalue weighted by Crippen LogP contribution is -2.49. The number of amides is 3. The largest absolute Gasteiger partial charge is 0.379 e. The lowest BCUT2D eigenvalue weighted by molar-refractivity contribution is 0.0207. The molecule has 2 aliphatic rings. The number of hydrazine groups is 1. The van der Waals surface area contributed by atoms with Crippen molar-refractivity contribution in [3.63, 3.8) is 0 Å². The Bertz CT molecular complexity index is 1540. The first-order valence-electron chi connectivity index (χ1n) is 12.5. The first-order valence-corrected chi connectivity index (χ1v) is 13.3. The number of aromatic nitrogens is 3. The van der Waals surface area contributed by atoms with Gasteiger partial charge in [-0.2, -0.15) is 5.10 Å². The van der Waals surface area contributed by atoms with Crippen molar-refractivity contribution in [3.8, 4) is 21.8 Å². The zero-order chi connectivity index (χ0) is 26.8. The number of aromatic amines is 1. The van der Waals surface area contributed by atoms with Crippen LogP contribution in [-0.4, -0.2) is 70.8 Å². The maximum atomic E-state index is 13.6. The van der Waals surface area contributed by atoms with Gasteiger partial charge in [-0.3, -0.25) is 25.1 Å². The summed E-state index contributed by atoms with van der Waals surface area (Å²) < 4.78 is 5.31. The van der Waals surface area contributed by atoms with Crippen molar-refractivity contribution in [2.24, 2.45) is 0 Å². The molecule has 0 radical (unpaired) electrons. The van der Waals surface area contributed by atoms with E-state index >= 15 is 0 Å². The number of carbonyl (C=O) groups is 3. The van der Waals surface area contributed by atoms with Gasteiger partial charge in [0, 0.05) is 37.6 Å². The monoisotopic (exact) mass is 543 g/mol. The van der Waals surface area contributed by atoms with Crippen LogP contribution in [0.25, 0.3) is 21.8 Å². The maximum absolute atomic E-state index is 13.6. The first-order chi connectivity index (χ1) is 19.1. The molecule has 0 bridgehead atoms. The van der Waals surface area contributed by atoms with Gasteiger partial charge in [0.25, 0.3) is 5.91 Å². The Morgan fingerprint density at radius 2 is 1.95 bits per heavy atom. The average Bonchev–Trinajstić information content (AvgIpc) is 3.67. The topological polar surface area (TPSA) is 141 Å². The van der Waals surface area contributed by atoms with Crippen LogP contribution >= 0.6 is 11.3 Å². The summed E-state index contributed by atoms with van der Waals surface area (Å²) in [6.45, 7) is 2.75. The number of benzene rings is 1. The fourth-order valence-electron chi connectivity index (χ4n) is 4.68. The van der Waals surface area contributed by atoms with Gasteiger partial charge < -0.3 is 15.4 Å². The van der Waals surface area contributed by atoms with Crippen molar-refractivity contribution >= 4 is 34.7 Å². The second-order valence-corrected chi connectivity index (χ2v) is 10.2. The van der Waals surface area contributed by atoms with Gasteiger partial charge in [0.15, 0.2) is 5.78 Å². The summed E-state index contributed by atoms with van der Waals surface area (Å²) in [7, 11) is 0. The van der Waals surface area contributed by atoms with Crippen molar-refractivity contribution in [3.05, 3.63) is 76.4 Å². The summed E-state index contributed by atoms with van der Waals surface area (Å²) >= 11 is 1.27. The molecule has 11 nitrogen and oxygen atoms in total. The van der Waals surface area contributed by atoms with Crippen LogP contribution in [0.1, 0.15) is 31.2 Å². The van der Waals surface area contributed by atoms with Crippen LogP contribution in [0.15, 0.2) is 54.9 Å². The third kappa shape index (κ3) is 5.04. The van der Waals surface area contributed by atoms with E-state index < -0.39 is 6.03 Å². The van der Waals surface area contributed by atoms with Crippen LogP contribution in [0.5, 0.6) is 0 Å². The molecule has 0 atom stereocenters. The number of rotatable bonds is 7. The number of ether oxygens (including phenoxy) is 1. The molecule has 198 valence electrons. The molecule has 1 fully saturated rings. The number of fused-ring (bicyclic) bond motifs is 3. The lowest BCUT2D eigenvalue weighted by Gasteiger charge is -2.27. The molecule has 3 aromatic heterocycles. The Morgan fingerprint density at radius 1 is 1.08 bits per heavy atom. The Kier molecular flexibility index (Phi) is 6.88. The van der Waals surface area contributed by atoms with Crippen LogP contribution in [-0.2, 0) is 11.2 Å². The number of ketones is 1. The van der Waals surface area contributed by atoms with Gasteiger partial charge in [-0.05, 0) is 36.2 Å². The summed E-state index contributed by atoms with van der Waals surface area (Å²) in [5.41, 5.74) is 6.84. The van der Waals surface area contributed by atoms with Crippen LogP contribution in [0, 0.1) is 0 Å². The second-order valence-electron chi connectivity index (χ2n) is 9.08. The normalized spacial score (nSPS) is 14.5. The third-order valence-corrected chi connectivity index (χ3v) is 7.65. The number of nitrogens with one attached hydrogen (secondary N) is 4. The van der Waals surface area contributed by atoms with Gasteiger partial charge in [-0.15, -0.1) is 11.3 Å².